The number of carbonyl (C=O) groups is 1. The Labute approximate surface area is 174 Å². The minimum atomic E-state index is -0.632. The van der Waals surface area contributed by atoms with Gasteiger partial charge in [0, 0.05) is 16.7 Å². The predicted octanol–water partition coefficient (Wildman–Crippen LogP) is 6.54. The van der Waals surface area contributed by atoms with E-state index in [2.05, 4.69) is 0 Å². The van der Waals surface area contributed by atoms with E-state index < -0.39 is 5.97 Å². The molecule has 0 amide bonds. The summed E-state index contributed by atoms with van der Waals surface area (Å²) in [5.41, 5.74) is 3.38. The zero-order chi connectivity index (χ0) is 21.6. The molecule has 0 spiro atoms. The predicted molar refractivity (Wildman–Crippen MR) is 114 cm³/mol. The van der Waals surface area contributed by atoms with Crippen molar-refractivity contribution in [3.05, 3.63) is 51.1 Å². The van der Waals surface area contributed by atoms with E-state index in [1.54, 1.807) is 13.8 Å². The number of allylic oxidation sites excluding steroid dienone is 4. The number of phenols is 2. The molecule has 0 unspecified atom stereocenters. The van der Waals surface area contributed by atoms with Crippen LogP contribution in [0.1, 0.15) is 60.3 Å². The van der Waals surface area contributed by atoms with Gasteiger partial charge >= 0.3 is 5.97 Å². The molecular weight excluding hydrogens is 392 g/mol. The number of carbonyl (C=O) groups excluding carboxylic acids is 1. The lowest BCUT2D eigenvalue weighted by Crippen LogP contribution is -2.11. The third kappa shape index (κ3) is 3.15. The van der Waals surface area contributed by atoms with Gasteiger partial charge in [-0.25, -0.2) is 4.79 Å². The first-order valence-electron chi connectivity index (χ1n) is 9.22. The first kappa shape index (κ1) is 20.8. The number of ether oxygens (including phenoxy) is 2. The minimum absolute atomic E-state index is 0.00195. The van der Waals surface area contributed by atoms with Crippen molar-refractivity contribution in [1.82, 2.24) is 0 Å². The lowest BCUT2D eigenvalue weighted by atomic mass is 9.96. The third-order valence-electron chi connectivity index (χ3n) is 5.35. The van der Waals surface area contributed by atoms with Crippen LogP contribution in [0, 0.1) is 13.8 Å². The molecule has 0 saturated heterocycles. The molecule has 1 aliphatic rings. The van der Waals surface area contributed by atoms with E-state index in [9.17, 15) is 15.0 Å². The van der Waals surface area contributed by atoms with Gasteiger partial charge in [-0.05, 0) is 64.3 Å². The quantitative estimate of drug-likeness (QED) is 0.431. The molecule has 2 aromatic rings. The van der Waals surface area contributed by atoms with Crippen molar-refractivity contribution in [2.75, 3.05) is 0 Å². The van der Waals surface area contributed by atoms with E-state index in [0.29, 0.717) is 22.3 Å². The molecule has 1 heterocycles. The number of aromatic hydroxyl groups is 2. The van der Waals surface area contributed by atoms with Crippen molar-refractivity contribution in [3.63, 3.8) is 0 Å². The Kier molecular flexibility index (Phi) is 5.37. The largest absolute Gasteiger partial charge is 0.508 e. The van der Waals surface area contributed by atoms with Gasteiger partial charge in [-0.2, -0.15) is 0 Å². The van der Waals surface area contributed by atoms with Crippen LogP contribution in [0.5, 0.6) is 28.7 Å². The van der Waals surface area contributed by atoms with E-state index in [4.69, 9.17) is 21.1 Å². The van der Waals surface area contributed by atoms with Crippen molar-refractivity contribution in [1.29, 1.82) is 0 Å². The van der Waals surface area contributed by atoms with Crippen molar-refractivity contribution in [3.8, 4) is 28.7 Å². The summed E-state index contributed by atoms with van der Waals surface area (Å²) in [6.07, 6.45) is 3.65. The number of phenolic OH excluding ortho intramolecular Hbond substituents is 2. The molecule has 3 rings (SSSR count). The summed E-state index contributed by atoms with van der Waals surface area (Å²) in [6, 6.07) is 1.53. The molecule has 1 aliphatic heterocycles. The third-order valence-corrected chi connectivity index (χ3v) is 5.71. The van der Waals surface area contributed by atoms with Crippen LogP contribution < -0.4 is 9.47 Å². The van der Waals surface area contributed by atoms with Crippen LogP contribution >= 0.6 is 11.6 Å². The molecule has 0 aromatic heterocycles. The van der Waals surface area contributed by atoms with E-state index in [1.807, 2.05) is 39.8 Å². The Balaban J connectivity index is 2.46. The second-order valence-corrected chi connectivity index (χ2v) is 7.41. The summed E-state index contributed by atoms with van der Waals surface area (Å²) in [7, 11) is 0. The van der Waals surface area contributed by atoms with Gasteiger partial charge in [0.05, 0.1) is 5.02 Å². The van der Waals surface area contributed by atoms with Crippen LogP contribution in [0.4, 0.5) is 0 Å². The SMILES string of the molecule is C/C=C(/C)c1c(Cl)c(O)c(C)c2c1Oc1c(C)c(O)cc(/C(C)=C/C)c1C(=O)O2. The van der Waals surface area contributed by atoms with Gasteiger partial charge in [0.25, 0.3) is 0 Å². The molecule has 5 nitrogen and oxygen atoms in total. The molecule has 0 atom stereocenters. The van der Waals surface area contributed by atoms with Crippen LogP contribution in [0.2, 0.25) is 5.02 Å². The summed E-state index contributed by atoms with van der Waals surface area (Å²) in [6.45, 7) is 10.6. The Morgan fingerprint density at radius 1 is 0.966 bits per heavy atom. The monoisotopic (exact) mass is 414 g/mol. The molecule has 2 aromatic carbocycles. The van der Waals surface area contributed by atoms with Gasteiger partial charge < -0.3 is 19.7 Å². The second kappa shape index (κ2) is 7.48. The highest BCUT2D eigenvalue weighted by molar-refractivity contribution is 6.34. The lowest BCUT2D eigenvalue weighted by Gasteiger charge is -2.19. The van der Waals surface area contributed by atoms with Crippen LogP contribution in [0.25, 0.3) is 11.1 Å². The molecule has 6 heteroatoms. The molecule has 2 N–H and O–H groups in total. The summed E-state index contributed by atoms with van der Waals surface area (Å²) in [5, 5.41) is 21.1. The van der Waals surface area contributed by atoms with Gasteiger partial charge in [-0.3, -0.25) is 0 Å². The zero-order valence-corrected chi connectivity index (χ0v) is 18.0. The van der Waals surface area contributed by atoms with Gasteiger partial charge in [0.15, 0.2) is 11.5 Å². The number of rotatable bonds is 2. The smallest absolute Gasteiger partial charge is 0.348 e. The van der Waals surface area contributed by atoms with E-state index in [1.165, 1.54) is 6.07 Å². The number of halogens is 1. The minimum Gasteiger partial charge on any atom is -0.508 e. The Hall–Kier alpha value is -2.92. The Bertz CT molecular complexity index is 1110. The molecule has 0 bridgehead atoms. The van der Waals surface area contributed by atoms with Crippen LogP contribution in [-0.4, -0.2) is 16.2 Å². The maximum absolute atomic E-state index is 13.1. The first-order chi connectivity index (χ1) is 13.6. The van der Waals surface area contributed by atoms with Crippen molar-refractivity contribution in [2.45, 2.75) is 41.5 Å². The lowest BCUT2D eigenvalue weighted by molar-refractivity contribution is 0.0735. The summed E-state index contributed by atoms with van der Waals surface area (Å²) < 4.78 is 11.9. The van der Waals surface area contributed by atoms with Gasteiger partial charge in [0.2, 0.25) is 0 Å². The van der Waals surface area contributed by atoms with Gasteiger partial charge in [0.1, 0.15) is 22.8 Å². The summed E-state index contributed by atoms with van der Waals surface area (Å²) >= 11 is 6.43. The van der Waals surface area contributed by atoms with Gasteiger partial charge in [-0.15, -0.1) is 0 Å². The number of hydrogen-bond acceptors (Lipinski definition) is 5. The van der Waals surface area contributed by atoms with Crippen molar-refractivity contribution >= 4 is 28.7 Å². The average Bonchev–Trinajstić information content (AvgIpc) is 2.85. The highest BCUT2D eigenvalue weighted by Gasteiger charge is 2.34. The van der Waals surface area contributed by atoms with Crippen LogP contribution in [-0.2, 0) is 0 Å². The molecule has 0 saturated carbocycles. The highest BCUT2D eigenvalue weighted by atomic mass is 35.5. The standard InChI is InChI=1S/C23H23ClO5/c1-7-10(3)14-9-15(25)12(5)20-17(14)23(27)29-21-13(6)19(26)18(24)16(11(4)8-2)22(21)28-20/h7-9,25-26H,1-6H3/b10-7+,11-8-. The number of hydrogen-bond donors (Lipinski definition) is 2. The molecule has 0 aliphatic carbocycles. The molecular formula is C23H23ClO5. The van der Waals surface area contributed by atoms with Crippen LogP contribution in [0.15, 0.2) is 18.2 Å². The second-order valence-electron chi connectivity index (χ2n) is 7.03. The highest BCUT2D eigenvalue weighted by Crippen LogP contribution is 2.53. The molecule has 0 fully saturated rings. The normalized spacial score (nSPS) is 14.0. The van der Waals surface area contributed by atoms with E-state index in [-0.39, 0.29) is 39.3 Å². The molecule has 152 valence electrons. The topological polar surface area (TPSA) is 76.0 Å². The Morgan fingerprint density at radius 3 is 2.17 bits per heavy atom. The first-order valence-corrected chi connectivity index (χ1v) is 9.59. The van der Waals surface area contributed by atoms with E-state index >= 15 is 0 Å². The molecule has 0 radical (unpaired) electrons. The Morgan fingerprint density at radius 2 is 1.59 bits per heavy atom. The average molecular weight is 415 g/mol. The maximum Gasteiger partial charge on any atom is 0.348 e. The molecule has 29 heavy (non-hydrogen) atoms. The number of benzene rings is 2. The summed E-state index contributed by atoms with van der Waals surface area (Å²) in [4.78, 5) is 13.1. The fraction of sp³-hybridized carbons (Fsp3) is 0.261. The number of fused-ring (bicyclic) bond motifs is 2. The van der Waals surface area contributed by atoms with E-state index in [0.717, 1.165) is 11.1 Å². The summed E-state index contributed by atoms with van der Waals surface area (Å²) in [5.74, 6) is -0.267. The zero-order valence-electron chi connectivity index (χ0n) is 17.2. The van der Waals surface area contributed by atoms with Crippen LogP contribution in [0.3, 0.4) is 0 Å². The number of esters is 1. The van der Waals surface area contributed by atoms with Gasteiger partial charge in [-0.1, -0.05) is 23.8 Å². The van der Waals surface area contributed by atoms with Crippen molar-refractivity contribution in [2.24, 2.45) is 0 Å². The fourth-order valence-electron chi connectivity index (χ4n) is 3.28. The maximum atomic E-state index is 13.1. The fourth-order valence-corrected chi connectivity index (χ4v) is 3.65. The van der Waals surface area contributed by atoms with Crippen molar-refractivity contribution < 1.29 is 24.5 Å².